The lowest BCUT2D eigenvalue weighted by atomic mass is 10.1. The predicted octanol–water partition coefficient (Wildman–Crippen LogP) is 2.26. The average Bonchev–Trinajstić information content (AvgIpc) is 3.16. The van der Waals surface area contributed by atoms with Gasteiger partial charge in [0.25, 0.3) is 11.8 Å². The first-order valence-electron chi connectivity index (χ1n) is 8.28. The number of carbonyl (C=O) groups is 2. The fraction of sp³-hybridized carbons (Fsp3) is 0.278. The van der Waals surface area contributed by atoms with Crippen molar-refractivity contribution in [2.45, 2.75) is 12.8 Å². The van der Waals surface area contributed by atoms with Crippen LogP contribution in [0.15, 0.2) is 36.5 Å². The Labute approximate surface area is 145 Å². The fourth-order valence-electron chi connectivity index (χ4n) is 3.01. The van der Waals surface area contributed by atoms with Crippen LogP contribution in [0.2, 0.25) is 0 Å². The molecule has 2 N–H and O–H groups in total. The molecule has 2 aliphatic heterocycles. The van der Waals surface area contributed by atoms with E-state index in [2.05, 4.69) is 20.5 Å². The topological polar surface area (TPSA) is 83.6 Å². The van der Waals surface area contributed by atoms with E-state index in [0.29, 0.717) is 22.7 Å². The van der Waals surface area contributed by atoms with Gasteiger partial charge in [0.2, 0.25) is 0 Å². The number of carbonyl (C=O) groups excluding carboxylic acids is 2. The first-order valence-corrected chi connectivity index (χ1v) is 8.28. The van der Waals surface area contributed by atoms with Crippen LogP contribution in [0.5, 0.6) is 5.75 Å². The third kappa shape index (κ3) is 3.26. The smallest absolute Gasteiger partial charge is 0.262 e. The summed E-state index contributed by atoms with van der Waals surface area (Å²) in [6.45, 7) is 2.02. The van der Waals surface area contributed by atoms with Gasteiger partial charge < -0.3 is 20.3 Å². The van der Waals surface area contributed by atoms with Gasteiger partial charge in [-0.15, -0.1) is 0 Å². The predicted molar refractivity (Wildman–Crippen MR) is 94.2 cm³/mol. The second-order valence-electron chi connectivity index (χ2n) is 6.10. The molecule has 1 fully saturated rings. The van der Waals surface area contributed by atoms with Gasteiger partial charge in [-0.2, -0.15) is 0 Å². The van der Waals surface area contributed by atoms with Crippen LogP contribution in [-0.4, -0.2) is 36.5 Å². The van der Waals surface area contributed by atoms with Crippen molar-refractivity contribution in [2.75, 3.05) is 35.2 Å². The molecule has 0 radical (unpaired) electrons. The molecule has 1 saturated heterocycles. The normalized spacial score (nSPS) is 16.0. The van der Waals surface area contributed by atoms with Gasteiger partial charge in [-0.05, 0) is 43.2 Å². The minimum Gasteiger partial charge on any atom is -0.482 e. The molecule has 1 aromatic carbocycles. The molecule has 0 spiro atoms. The number of hydrogen-bond acceptors (Lipinski definition) is 5. The number of benzene rings is 1. The lowest BCUT2D eigenvalue weighted by molar-refractivity contribution is -0.118. The van der Waals surface area contributed by atoms with E-state index in [1.165, 1.54) is 12.8 Å². The van der Waals surface area contributed by atoms with Crippen LogP contribution in [0.1, 0.15) is 23.2 Å². The molecule has 7 heteroatoms. The average molecular weight is 338 g/mol. The Morgan fingerprint density at radius 2 is 2.04 bits per heavy atom. The Balaban J connectivity index is 1.45. The zero-order valence-corrected chi connectivity index (χ0v) is 13.6. The summed E-state index contributed by atoms with van der Waals surface area (Å²) in [5, 5.41) is 5.53. The maximum Gasteiger partial charge on any atom is 0.262 e. The number of nitrogens with zero attached hydrogens (tertiary/aromatic N) is 2. The van der Waals surface area contributed by atoms with Gasteiger partial charge in [0.05, 0.1) is 17.6 Å². The number of ether oxygens (including phenoxy) is 1. The molecule has 0 bridgehead atoms. The van der Waals surface area contributed by atoms with E-state index in [4.69, 9.17) is 4.74 Å². The molecule has 0 atom stereocenters. The molecule has 2 aliphatic rings. The van der Waals surface area contributed by atoms with Gasteiger partial charge in [0, 0.05) is 18.7 Å². The van der Waals surface area contributed by atoms with Crippen LogP contribution in [-0.2, 0) is 4.79 Å². The van der Waals surface area contributed by atoms with Gasteiger partial charge in [0.15, 0.2) is 6.61 Å². The molecule has 3 heterocycles. The summed E-state index contributed by atoms with van der Waals surface area (Å²) in [5.74, 6) is 0.982. The highest BCUT2D eigenvalue weighted by molar-refractivity contribution is 6.05. The maximum atomic E-state index is 12.4. The first kappa shape index (κ1) is 15.4. The van der Waals surface area contributed by atoms with Crippen molar-refractivity contribution in [3.8, 4) is 5.75 Å². The van der Waals surface area contributed by atoms with Crippen molar-refractivity contribution < 1.29 is 14.3 Å². The number of fused-ring (bicyclic) bond motifs is 1. The Hall–Kier alpha value is -3.09. The van der Waals surface area contributed by atoms with E-state index in [1.54, 1.807) is 24.4 Å². The number of pyridine rings is 1. The van der Waals surface area contributed by atoms with Crippen LogP contribution in [0.4, 0.5) is 17.2 Å². The van der Waals surface area contributed by atoms with Crippen molar-refractivity contribution in [3.63, 3.8) is 0 Å². The van der Waals surface area contributed by atoms with E-state index in [1.807, 2.05) is 12.1 Å². The molecule has 0 unspecified atom stereocenters. The summed E-state index contributed by atoms with van der Waals surface area (Å²) in [7, 11) is 0. The van der Waals surface area contributed by atoms with Crippen molar-refractivity contribution in [1.29, 1.82) is 0 Å². The van der Waals surface area contributed by atoms with Crippen molar-refractivity contribution in [1.82, 2.24) is 4.98 Å². The molecule has 4 rings (SSSR count). The van der Waals surface area contributed by atoms with Crippen molar-refractivity contribution >= 4 is 29.0 Å². The van der Waals surface area contributed by atoms with Gasteiger partial charge in [-0.3, -0.25) is 9.59 Å². The summed E-state index contributed by atoms with van der Waals surface area (Å²) < 4.78 is 5.34. The standard InChI is InChI=1S/C18H18N4O3/c23-17-11-25-15-9-12(3-5-14(15)21-17)18(24)20-13-4-6-16(19-10-13)22-7-1-2-8-22/h3-6,9-10H,1-2,7-8,11H2,(H,20,24)(H,21,23). The Bertz CT molecular complexity index is 814. The summed E-state index contributed by atoms with van der Waals surface area (Å²) in [6, 6.07) is 8.71. The van der Waals surface area contributed by atoms with E-state index >= 15 is 0 Å². The highest BCUT2D eigenvalue weighted by Crippen LogP contribution is 2.29. The molecule has 7 nitrogen and oxygen atoms in total. The number of nitrogens with one attached hydrogen (secondary N) is 2. The van der Waals surface area contributed by atoms with Crippen LogP contribution >= 0.6 is 0 Å². The van der Waals surface area contributed by atoms with E-state index in [0.717, 1.165) is 18.9 Å². The highest BCUT2D eigenvalue weighted by atomic mass is 16.5. The Kier molecular flexibility index (Phi) is 3.97. The molecule has 1 aromatic heterocycles. The molecule has 2 amide bonds. The van der Waals surface area contributed by atoms with Crippen LogP contribution < -0.4 is 20.3 Å². The monoisotopic (exact) mass is 338 g/mol. The van der Waals surface area contributed by atoms with E-state index in [9.17, 15) is 9.59 Å². The molecular formula is C18H18N4O3. The maximum absolute atomic E-state index is 12.4. The molecule has 0 aliphatic carbocycles. The number of anilines is 3. The van der Waals surface area contributed by atoms with Gasteiger partial charge >= 0.3 is 0 Å². The number of hydrogen-bond donors (Lipinski definition) is 2. The van der Waals surface area contributed by atoms with Crippen LogP contribution in [0.25, 0.3) is 0 Å². The van der Waals surface area contributed by atoms with Crippen LogP contribution in [0.3, 0.4) is 0 Å². The summed E-state index contributed by atoms with van der Waals surface area (Å²) in [6.07, 6.45) is 4.06. The minimum absolute atomic E-state index is 0.0417. The lowest BCUT2D eigenvalue weighted by Gasteiger charge is -2.18. The minimum atomic E-state index is -0.251. The first-order chi connectivity index (χ1) is 12.2. The van der Waals surface area contributed by atoms with Crippen LogP contribution in [0, 0.1) is 0 Å². The molecule has 2 aromatic rings. The Morgan fingerprint density at radius 3 is 2.80 bits per heavy atom. The van der Waals surface area contributed by atoms with Crippen molar-refractivity contribution in [3.05, 3.63) is 42.1 Å². The third-order valence-electron chi connectivity index (χ3n) is 4.31. The second kappa shape index (κ2) is 6.43. The molecular weight excluding hydrogens is 320 g/mol. The van der Waals surface area contributed by atoms with Gasteiger partial charge in [0.1, 0.15) is 11.6 Å². The summed E-state index contributed by atoms with van der Waals surface area (Å²) >= 11 is 0. The summed E-state index contributed by atoms with van der Waals surface area (Å²) in [5.41, 5.74) is 1.67. The SMILES string of the molecule is O=C1COc2cc(C(=O)Nc3ccc(N4CCCC4)nc3)ccc2N1. The largest absolute Gasteiger partial charge is 0.482 e. The number of aromatic nitrogens is 1. The number of amides is 2. The Morgan fingerprint density at radius 1 is 1.20 bits per heavy atom. The van der Waals surface area contributed by atoms with Gasteiger partial charge in [-0.25, -0.2) is 4.98 Å². The van der Waals surface area contributed by atoms with Gasteiger partial charge in [-0.1, -0.05) is 0 Å². The third-order valence-corrected chi connectivity index (χ3v) is 4.31. The quantitative estimate of drug-likeness (QED) is 0.897. The zero-order chi connectivity index (χ0) is 17.2. The summed E-state index contributed by atoms with van der Waals surface area (Å²) in [4.78, 5) is 30.4. The molecule has 0 saturated carbocycles. The zero-order valence-electron chi connectivity index (χ0n) is 13.6. The lowest BCUT2D eigenvalue weighted by Crippen LogP contribution is -2.25. The highest BCUT2D eigenvalue weighted by Gasteiger charge is 2.18. The van der Waals surface area contributed by atoms with E-state index in [-0.39, 0.29) is 18.4 Å². The number of rotatable bonds is 3. The van der Waals surface area contributed by atoms with Crippen molar-refractivity contribution in [2.24, 2.45) is 0 Å². The molecule has 128 valence electrons. The van der Waals surface area contributed by atoms with E-state index < -0.39 is 0 Å². The second-order valence-corrected chi connectivity index (χ2v) is 6.10. The molecule has 25 heavy (non-hydrogen) atoms. The fourth-order valence-corrected chi connectivity index (χ4v) is 3.01.